The van der Waals surface area contributed by atoms with Gasteiger partial charge in [-0.15, -0.1) is 0 Å². The molecule has 2 aromatic rings. The van der Waals surface area contributed by atoms with Gasteiger partial charge in [0.25, 0.3) is 0 Å². The first kappa shape index (κ1) is 20.1. The summed E-state index contributed by atoms with van der Waals surface area (Å²) in [7, 11) is -3.56. The third kappa shape index (κ3) is 4.23. The highest BCUT2D eigenvalue weighted by Gasteiger charge is 2.33. The van der Waals surface area contributed by atoms with Crippen molar-refractivity contribution in [3.05, 3.63) is 65.2 Å². The summed E-state index contributed by atoms with van der Waals surface area (Å²) in [6.45, 7) is 2.69. The van der Waals surface area contributed by atoms with Gasteiger partial charge in [0, 0.05) is 13.1 Å². The fourth-order valence-corrected chi connectivity index (χ4v) is 5.94. The number of nitrogens with zero attached hydrogens (tertiary/aromatic N) is 1. The number of sulfonamides is 1. The average molecular weight is 413 g/mol. The third-order valence-electron chi connectivity index (χ3n) is 6.12. The van der Waals surface area contributed by atoms with Gasteiger partial charge in [0.05, 0.1) is 16.9 Å². The number of nitrogens with one attached hydrogen (secondary N) is 1. The van der Waals surface area contributed by atoms with E-state index < -0.39 is 10.0 Å². The molecule has 2 unspecified atom stereocenters. The van der Waals surface area contributed by atoms with Crippen molar-refractivity contribution >= 4 is 15.9 Å². The maximum Gasteiger partial charge on any atom is 0.243 e. The van der Waals surface area contributed by atoms with Crippen LogP contribution in [0.4, 0.5) is 0 Å². The molecule has 1 fully saturated rings. The molecule has 6 heteroatoms. The van der Waals surface area contributed by atoms with Crippen LogP contribution in [0, 0.1) is 5.92 Å². The molecule has 2 aliphatic rings. The van der Waals surface area contributed by atoms with Gasteiger partial charge in [-0.3, -0.25) is 4.79 Å². The van der Waals surface area contributed by atoms with Gasteiger partial charge in [0.1, 0.15) is 0 Å². The number of piperidine rings is 1. The van der Waals surface area contributed by atoms with Crippen molar-refractivity contribution in [1.29, 1.82) is 0 Å². The van der Waals surface area contributed by atoms with Gasteiger partial charge in [-0.2, -0.15) is 4.31 Å². The van der Waals surface area contributed by atoms with Crippen LogP contribution < -0.4 is 5.32 Å². The summed E-state index contributed by atoms with van der Waals surface area (Å²) >= 11 is 0. The molecule has 0 bridgehead atoms. The summed E-state index contributed by atoms with van der Waals surface area (Å²) in [5.74, 6) is -0.384. The van der Waals surface area contributed by atoms with Gasteiger partial charge in [-0.1, -0.05) is 36.4 Å². The Balaban J connectivity index is 1.42. The second-order valence-corrected chi connectivity index (χ2v) is 10.1. The van der Waals surface area contributed by atoms with Gasteiger partial charge in [0.2, 0.25) is 15.9 Å². The van der Waals surface area contributed by atoms with Crippen LogP contribution in [0.5, 0.6) is 0 Å². The Kier molecular flexibility index (Phi) is 5.74. The Morgan fingerprint density at radius 2 is 1.83 bits per heavy atom. The number of benzene rings is 2. The molecule has 1 heterocycles. The first-order valence-electron chi connectivity index (χ1n) is 10.4. The highest BCUT2D eigenvalue weighted by molar-refractivity contribution is 7.89. The molecule has 154 valence electrons. The van der Waals surface area contributed by atoms with Crippen LogP contribution in [-0.2, 0) is 27.7 Å². The zero-order chi connectivity index (χ0) is 20.4. The van der Waals surface area contributed by atoms with Crippen LogP contribution in [0.1, 0.15) is 48.9 Å². The molecule has 2 aromatic carbocycles. The summed E-state index contributed by atoms with van der Waals surface area (Å²) in [6, 6.07) is 14.8. The normalized spacial score (nSPS) is 20.8. The Morgan fingerprint density at radius 1 is 1.07 bits per heavy atom. The summed E-state index contributed by atoms with van der Waals surface area (Å²) in [5, 5.41) is 3.11. The number of amides is 1. The predicted molar refractivity (Wildman–Crippen MR) is 113 cm³/mol. The molecule has 1 N–H and O–H groups in total. The molecule has 0 aromatic heterocycles. The van der Waals surface area contributed by atoms with Crippen LogP contribution in [0.15, 0.2) is 53.4 Å². The fourth-order valence-electron chi connectivity index (χ4n) is 4.39. The summed E-state index contributed by atoms with van der Waals surface area (Å²) in [4.78, 5) is 13.2. The SMILES string of the molecule is CC(NC(=O)C1CCCN(S(=O)(=O)c2ccccc2)C1)c1ccc2c(c1)CCC2. The molecule has 29 heavy (non-hydrogen) atoms. The maximum atomic E-state index is 12.9. The van der Waals surface area contributed by atoms with Crippen molar-refractivity contribution < 1.29 is 13.2 Å². The Labute approximate surface area is 173 Å². The molecule has 0 spiro atoms. The number of carbonyl (C=O) groups excluding carboxylic acids is 1. The minimum atomic E-state index is -3.56. The fraction of sp³-hybridized carbons (Fsp3) is 0.435. The molecular formula is C23H28N2O3S. The van der Waals surface area contributed by atoms with E-state index in [2.05, 4.69) is 23.5 Å². The van der Waals surface area contributed by atoms with E-state index in [0.29, 0.717) is 19.4 Å². The highest BCUT2D eigenvalue weighted by atomic mass is 32.2. The van der Waals surface area contributed by atoms with Crippen LogP contribution in [0.2, 0.25) is 0 Å². The van der Waals surface area contributed by atoms with Gasteiger partial charge in [0.15, 0.2) is 0 Å². The van der Waals surface area contributed by atoms with Crippen LogP contribution in [0.25, 0.3) is 0 Å². The van der Waals surface area contributed by atoms with Crippen LogP contribution in [-0.4, -0.2) is 31.7 Å². The molecule has 1 aliphatic carbocycles. The molecule has 1 amide bonds. The van der Waals surface area contributed by atoms with Crippen molar-refractivity contribution in [2.75, 3.05) is 13.1 Å². The lowest BCUT2D eigenvalue weighted by Crippen LogP contribution is -2.45. The topological polar surface area (TPSA) is 66.5 Å². The number of hydrogen-bond acceptors (Lipinski definition) is 3. The standard InChI is InChI=1S/C23H28N2O3S/c1-17(19-13-12-18-7-5-8-20(18)15-19)24-23(26)21-9-6-14-25(16-21)29(27,28)22-10-3-2-4-11-22/h2-4,10-13,15,17,21H,5-9,14,16H2,1H3,(H,24,26). The van der Waals surface area contributed by atoms with E-state index in [4.69, 9.17) is 0 Å². The van der Waals surface area contributed by atoms with E-state index in [1.54, 1.807) is 30.3 Å². The smallest absolute Gasteiger partial charge is 0.243 e. The molecule has 5 nitrogen and oxygen atoms in total. The Bertz CT molecular complexity index is 988. The lowest BCUT2D eigenvalue weighted by molar-refractivity contribution is -0.126. The van der Waals surface area contributed by atoms with Crippen molar-refractivity contribution in [2.24, 2.45) is 5.92 Å². The molecule has 0 saturated carbocycles. The molecule has 4 rings (SSSR count). The zero-order valence-corrected chi connectivity index (χ0v) is 17.6. The van der Waals surface area contributed by atoms with Crippen molar-refractivity contribution in [2.45, 2.75) is 50.0 Å². The predicted octanol–water partition coefficient (Wildman–Crippen LogP) is 3.45. The Hall–Kier alpha value is -2.18. The number of rotatable bonds is 5. The molecule has 1 saturated heterocycles. The van der Waals surface area contributed by atoms with Crippen LogP contribution in [0.3, 0.4) is 0 Å². The second-order valence-electron chi connectivity index (χ2n) is 8.13. The first-order valence-corrected chi connectivity index (χ1v) is 11.9. The van der Waals surface area contributed by atoms with E-state index in [1.165, 1.54) is 21.9 Å². The second kappa shape index (κ2) is 8.28. The van der Waals surface area contributed by atoms with E-state index in [-0.39, 0.29) is 29.3 Å². The first-order chi connectivity index (χ1) is 13.9. The monoisotopic (exact) mass is 412 g/mol. The van der Waals surface area contributed by atoms with Gasteiger partial charge in [-0.05, 0) is 67.9 Å². The van der Waals surface area contributed by atoms with Crippen molar-refractivity contribution in [3.63, 3.8) is 0 Å². The average Bonchev–Trinajstić information content (AvgIpc) is 3.22. The quantitative estimate of drug-likeness (QED) is 0.818. The minimum Gasteiger partial charge on any atom is -0.349 e. The third-order valence-corrected chi connectivity index (χ3v) is 8.00. The van der Waals surface area contributed by atoms with Gasteiger partial charge >= 0.3 is 0 Å². The van der Waals surface area contributed by atoms with E-state index in [0.717, 1.165) is 18.4 Å². The van der Waals surface area contributed by atoms with Crippen LogP contribution >= 0.6 is 0 Å². The zero-order valence-electron chi connectivity index (χ0n) is 16.8. The highest BCUT2D eigenvalue weighted by Crippen LogP contribution is 2.27. The van der Waals surface area contributed by atoms with Gasteiger partial charge in [-0.25, -0.2) is 8.42 Å². The number of hydrogen-bond donors (Lipinski definition) is 1. The lowest BCUT2D eigenvalue weighted by Gasteiger charge is -2.32. The Morgan fingerprint density at radius 3 is 2.62 bits per heavy atom. The van der Waals surface area contributed by atoms with Crippen molar-refractivity contribution in [1.82, 2.24) is 9.62 Å². The minimum absolute atomic E-state index is 0.0639. The number of fused-ring (bicyclic) bond motifs is 1. The largest absolute Gasteiger partial charge is 0.349 e. The van der Waals surface area contributed by atoms with Gasteiger partial charge < -0.3 is 5.32 Å². The number of aryl methyl sites for hydroxylation is 2. The lowest BCUT2D eigenvalue weighted by atomic mass is 9.97. The van der Waals surface area contributed by atoms with Crippen molar-refractivity contribution in [3.8, 4) is 0 Å². The maximum absolute atomic E-state index is 12.9. The number of carbonyl (C=O) groups is 1. The summed E-state index contributed by atoms with van der Waals surface area (Å²) < 4.78 is 27.3. The molecule has 1 aliphatic heterocycles. The molecule has 2 atom stereocenters. The van der Waals surface area contributed by atoms with E-state index in [1.807, 2.05) is 6.92 Å². The summed E-state index contributed by atoms with van der Waals surface area (Å²) in [5.41, 5.74) is 3.92. The van der Waals surface area contributed by atoms with E-state index in [9.17, 15) is 13.2 Å². The molecular weight excluding hydrogens is 384 g/mol. The van der Waals surface area contributed by atoms with E-state index >= 15 is 0 Å². The summed E-state index contributed by atoms with van der Waals surface area (Å²) in [6.07, 6.45) is 4.86. The molecule has 0 radical (unpaired) electrons.